The highest BCUT2D eigenvalue weighted by molar-refractivity contribution is 7.48. The van der Waals surface area contributed by atoms with Gasteiger partial charge >= 0.3 is 56.2 Å². The lowest BCUT2D eigenvalue weighted by molar-refractivity contribution is -0.0675. The number of imidazole rings is 3. The molecular formula is C63H85N24O40P5. The molecule has 9 aromatic heterocycles. The van der Waals surface area contributed by atoms with Gasteiger partial charge in [0.1, 0.15) is 127 Å². The number of fused-ring (bicyclic) bond motifs is 3. The molecule has 6 aliphatic rings. The second-order valence-electron chi connectivity index (χ2n) is 29.4. The summed E-state index contributed by atoms with van der Waals surface area (Å²) in [4.78, 5) is 180. The fourth-order valence-corrected chi connectivity index (χ4v) is 20.4. The molecule has 0 bridgehead atoms. The molecule has 6 saturated heterocycles. The van der Waals surface area contributed by atoms with Crippen LogP contribution in [0.2, 0.25) is 0 Å². The van der Waals surface area contributed by atoms with Crippen LogP contribution in [0.1, 0.15) is 37.4 Å². The SMILES string of the molecule is CO[C@@H]1[C@H](OP(=O)(O)OC[C@H]2O[C@@H](n3cnc4c(=O)[nH]c(N)nc43)[C@H](OC)[C@@H]2OP(=O)(O)OC[C@H]2O[C@@H](n3ccc(N)nc3=O)[C@H](OC)[C@@H]2OP(=O)(O)OC[C@H]2O[C@@H](n3cnc4c(=O)[nH]c(N)nc43)[C@H](OC)[C@@H]2OP(=O)(O)OC[C@H]2O[C@@H](n3ccc(N)nc3=O)[C@H](OC)[C@@H]2OP(=O)(O)OC[C@H]2O[C@@H](n3cnc4c(=O)[nH]c(N)nc43)[C@H](OC)[C@@H]2O)[C@@H](CO)O[C@H]1n1ccc(N)nc1=O. The van der Waals surface area contributed by atoms with E-state index in [0.717, 1.165) is 102 Å². The Labute approximate surface area is 734 Å². The van der Waals surface area contributed by atoms with Crippen molar-refractivity contribution < 1.29 is 160 Å². The third-order valence-electron chi connectivity index (χ3n) is 21.4. The van der Waals surface area contributed by atoms with Gasteiger partial charge in [-0.3, -0.25) is 102 Å². The fraction of sp³-hybridized carbons (Fsp3) is 0.571. The average molecular weight is 1970 g/mol. The predicted octanol–water partition coefficient (Wildman–Crippen LogP) is -6.01. The third-order valence-corrected chi connectivity index (χ3v) is 26.3. The summed E-state index contributed by atoms with van der Waals surface area (Å²) in [5, 5.41) is 21.8. The molecule has 0 spiro atoms. The Hall–Kier alpha value is -9.52. The Kier molecular flexibility index (Phi) is 28.4. The number of nitrogens with one attached hydrogen (secondary N) is 3. The van der Waals surface area contributed by atoms with Crippen LogP contribution in [-0.4, -0.2) is 314 Å². The number of nitrogen functional groups attached to an aromatic ring is 6. The van der Waals surface area contributed by atoms with Crippen molar-refractivity contribution in [3.63, 3.8) is 0 Å². The van der Waals surface area contributed by atoms with Gasteiger partial charge in [-0.1, -0.05) is 0 Å². The number of nitrogens with two attached hydrogens (primary N) is 6. The lowest BCUT2D eigenvalue weighted by Gasteiger charge is -2.28. The maximum absolute atomic E-state index is 14.9. The Balaban J connectivity index is 0.678. The molecule has 9 aromatic rings. The van der Waals surface area contributed by atoms with Gasteiger partial charge in [-0.05, 0) is 18.2 Å². The van der Waals surface area contributed by atoms with E-state index in [1.165, 1.54) is 23.9 Å². The van der Waals surface area contributed by atoms with Crippen molar-refractivity contribution in [1.82, 2.24) is 87.2 Å². The number of rotatable bonds is 38. The summed E-state index contributed by atoms with van der Waals surface area (Å²) in [5.41, 5.74) is 27.7. The highest BCUT2D eigenvalue weighted by Crippen LogP contribution is 2.58. The molecule has 15 rings (SSSR count). The third kappa shape index (κ3) is 20.0. The molecule has 0 radical (unpaired) electrons. The number of phosphoric ester groups is 5. The average Bonchev–Trinajstić information content (AvgIpc) is 1.61. The number of anilines is 6. The van der Waals surface area contributed by atoms with Gasteiger partial charge < -0.3 is 126 Å². The van der Waals surface area contributed by atoms with Gasteiger partial charge in [0.05, 0.1) is 58.6 Å². The number of ether oxygens (including phenoxy) is 12. The van der Waals surface area contributed by atoms with Crippen LogP contribution in [0.15, 0.2) is 84.5 Å². The lowest BCUT2D eigenvalue weighted by atomic mass is 10.1. The maximum atomic E-state index is 14.9. The van der Waals surface area contributed by atoms with Gasteiger partial charge in [0, 0.05) is 61.2 Å². The summed E-state index contributed by atoms with van der Waals surface area (Å²) in [6.45, 7) is -6.92. The number of hydrogen-bond acceptors (Lipinski definition) is 50. The molecule has 64 nitrogen and oxygen atoms in total. The lowest BCUT2D eigenvalue weighted by Crippen LogP contribution is -2.40. The summed E-state index contributed by atoms with van der Waals surface area (Å²) in [7, 11) is -22.4. The smallest absolute Gasteiger partial charge is 0.394 e. The molecule has 22 N–H and O–H groups in total. The van der Waals surface area contributed by atoms with E-state index in [0.29, 0.717) is 0 Å². The molecule has 6 aliphatic heterocycles. The zero-order valence-corrected chi connectivity index (χ0v) is 73.3. The van der Waals surface area contributed by atoms with E-state index in [4.69, 9.17) is 136 Å². The molecule has 0 aliphatic carbocycles. The van der Waals surface area contributed by atoms with E-state index >= 15 is 0 Å². The number of aromatic amines is 3. The summed E-state index contributed by atoms with van der Waals surface area (Å²) in [6, 6.07) is 3.50. The van der Waals surface area contributed by atoms with Gasteiger partial charge in [0.15, 0.2) is 70.9 Å². The minimum atomic E-state index is -5.93. The minimum absolute atomic E-state index is 0.107. The second kappa shape index (κ2) is 38.7. The van der Waals surface area contributed by atoms with Crippen molar-refractivity contribution >= 4 is 108 Å². The van der Waals surface area contributed by atoms with Crippen molar-refractivity contribution in [3.8, 4) is 0 Å². The first-order valence-electron chi connectivity index (χ1n) is 38.5. The molecule has 0 saturated carbocycles. The van der Waals surface area contributed by atoms with Crippen molar-refractivity contribution in [2.75, 3.05) is 117 Å². The van der Waals surface area contributed by atoms with Crippen LogP contribution in [0.3, 0.4) is 0 Å². The highest BCUT2D eigenvalue weighted by atomic mass is 31.2. The first-order chi connectivity index (χ1) is 62.6. The van der Waals surface area contributed by atoms with Gasteiger partial charge in [-0.25, -0.2) is 52.2 Å². The van der Waals surface area contributed by atoms with Crippen LogP contribution in [0.4, 0.5) is 35.3 Å². The van der Waals surface area contributed by atoms with Crippen molar-refractivity contribution in [2.24, 2.45) is 0 Å². The normalized spacial score (nSPS) is 31.5. The van der Waals surface area contributed by atoms with Gasteiger partial charge in [-0.2, -0.15) is 29.9 Å². The van der Waals surface area contributed by atoms with Gasteiger partial charge in [0.25, 0.3) is 16.7 Å². The topological polar surface area (TPSA) is 882 Å². The number of H-pyrrole nitrogens is 3. The second-order valence-corrected chi connectivity index (χ2v) is 36.4. The molecule has 5 unspecified atom stereocenters. The molecule has 6 fully saturated rings. The van der Waals surface area contributed by atoms with E-state index in [2.05, 4.69) is 59.8 Å². The van der Waals surface area contributed by atoms with Crippen LogP contribution in [0.5, 0.6) is 0 Å². The number of hydrogen-bond donors (Lipinski definition) is 16. The first-order valence-corrected chi connectivity index (χ1v) is 45.9. The summed E-state index contributed by atoms with van der Waals surface area (Å²) < 4.78 is 205. The maximum Gasteiger partial charge on any atom is 0.472 e. The standard InChI is InChI=1S/C63H85N24O40P5/c1-106-40-34(89)23(118-52(40)85-19-70-31-46(85)76-58(67)79-49(31)90)14-112-128(96,97)124-36-24(119-54(42(36)108-3)83-11-8-29(65)74-62(83)94)15-114-131(102,103)127-39-27(122-57(45(39)111-6)87-21-72-33-48(87)78-60(69)81-51(33)92)18-116-130(100,101)125-37-25(120-55(43(37)109-4)84-12-9-30(66)75-63(84)95)16-115-132(104,105)126-38-26(121-56(44(38)110-5)86-20-71-32-47(86)77-59(68)80-50(32)91)17-113-129(98,99)123-35-22(13-88)117-53(41(35)107-2)82-10-7-28(64)73-61(82)93/h7-12,19-27,34-45,52-57,88-89H,13-18H2,1-6H3,(H,96,97)(H,98,99)(H,100,101)(H,102,103)(H,104,105)(H2,64,73,93)(H2,65,74,94)(H2,66,75,95)(H3,67,76,79,90)(H3,68,77,80,91)(H3,69,78,81,92)/t22-,23-,24-,25-,26-,27-,34-,35-,36-,37-,38-,39-,40-,41-,42-,43-,44-,45-,52-,53-,54-,55-,56-,57-/m1/s1. The van der Waals surface area contributed by atoms with Crippen LogP contribution in [0, 0.1) is 0 Å². The minimum Gasteiger partial charge on any atom is -0.394 e. The van der Waals surface area contributed by atoms with E-state index in [-0.39, 0.29) is 56.9 Å². The van der Waals surface area contributed by atoms with E-state index in [1.807, 2.05) is 0 Å². The number of aromatic nitrogens is 18. The largest absolute Gasteiger partial charge is 0.472 e. The van der Waals surface area contributed by atoms with Crippen molar-refractivity contribution in [1.29, 1.82) is 0 Å². The predicted molar refractivity (Wildman–Crippen MR) is 431 cm³/mol. The zero-order chi connectivity index (χ0) is 94.9. The number of methoxy groups -OCH3 is 6. The molecule has 15 heterocycles. The number of phosphoric acid groups is 5. The molecule has 132 heavy (non-hydrogen) atoms. The monoisotopic (exact) mass is 1970 g/mol. The first kappa shape index (κ1) is 97.0. The molecule has 722 valence electrons. The van der Waals surface area contributed by atoms with Gasteiger partial charge in [-0.15, -0.1) is 0 Å². The van der Waals surface area contributed by atoms with Gasteiger partial charge in [0.2, 0.25) is 17.8 Å². The molecule has 69 heteroatoms. The molecule has 0 amide bonds. The summed E-state index contributed by atoms with van der Waals surface area (Å²) in [6.07, 6.45) is -35.7. The van der Waals surface area contributed by atoms with E-state index in [1.54, 1.807) is 0 Å². The molecule has 29 atom stereocenters. The van der Waals surface area contributed by atoms with E-state index in [9.17, 15) is 86.3 Å². The van der Waals surface area contributed by atoms with Crippen LogP contribution >= 0.6 is 39.1 Å². The van der Waals surface area contributed by atoms with Crippen molar-refractivity contribution in [2.45, 2.75) is 147 Å². The fourth-order valence-electron chi connectivity index (χ4n) is 15.6. The zero-order valence-electron chi connectivity index (χ0n) is 68.8. The number of nitrogens with zero attached hydrogens (tertiary/aromatic N) is 15. The Morgan fingerprint density at radius 3 is 0.818 bits per heavy atom. The summed E-state index contributed by atoms with van der Waals surface area (Å²) in [5.74, 6) is -1.99. The van der Waals surface area contributed by atoms with Crippen LogP contribution in [-0.2, 0) is 125 Å². The number of aliphatic hydroxyl groups is 2. The highest BCUT2D eigenvalue weighted by Gasteiger charge is 2.59. The van der Waals surface area contributed by atoms with E-state index < -0.39 is 272 Å². The Morgan fingerprint density at radius 2 is 0.568 bits per heavy atom. The van der Waals surface area contributed by atoms with Crippen molar-refractivity contribution in [3.05, 3.63) is 118 Å². The molecule has 0 aromatic carbocycles. The summed E-state index contributed by atoms with van der Waals surface area (Å²) >= 11 is 0. The van der Waals surface area contributed by atoms with Crippen LogP contribution in [0.25, 0.3) is 33.5 Å². The molecular weight excluding hydrogens is 1890 g/mol. The quantitative estimate of drug-likeness (QED) is 0.0160. The Bertz CT molecular complexity index is 6380. The van der Waals surface area contributed by atoms with Crippen LogP contribution < -0.4 is 68.1 Å². The number of aliphatic hydroxyl groups excluding tert-OH is 2. The Morgan fingerprint density at radius 1 is 0.341 bits per heavy atom.